The van der Waals surface area contributed by atoms with Crippen molar-refractivity contribution in [2.75, 3.05) is 21.3 Å². The molecular weight excluding hydrogens is 336 g/mol. The Morgan fingerprint density at radius 2 is 2.00 bits per heavy atom. The summed E-state index contributed by atoms with van der Waals surface area (Å²) in [6, 6.07) is 0. The van der Waals surface area contributed by atoms with Crippen LogP contribution >= 0.6 is 15.9 Å². The predicted molar refractivity (Wildman–Crippen MR) is 86.3 cm³/mol. The largest absolute Gasteiger partial charge is 0.388 e. The Kier molecular flexibility index (Phi) is 6.36. The standard InChI is InChI=1S/C13H15BrN2O2.C2H6O/c1-13(3-4-13)16(2)6-9(7-17)12-10(8-18)11(14)5-15-12;1-3-2/h5-8,15H,3-4H2,1-2H3;1-2H3/b9-6-;. The number of halogens is 1. The number of rotatable bonds is 5. The first kappa shape index (κ1) is 17.7. The van der Waals surface area contributed by atoms with Crippen molar-refractivity contribution in [1.29, 1.82) is 0 Å². The summed E-state index contributed by atoms with van der Waals surface area (Å²) in [4.78, 5) is 27.2. The van der Waals surface area contributed by atoms with Gasteiger partial charge < -0.3 is 14.6 Å². The molecule has 0 aromatic carbocycles. The summed E-state index contributed by atoms with van der Waals surface area (Å²) in [6.07, 6.45) is 7.22. The zero-order chi connectivity index (χ0) is 16.0. The molecule has 1 N–H and O–H groups in total. The van der Waals surface area contributed by atoms with Gasteiger partial charge in [0.2, 0.25) is 0 Å². The summed E-state index contributed by atoms with van der Waals surface area (Å²) < 4.78 is 4.92. The molecule has 0 aliphatic heterocycles. The molecule has 1 heterocycles. The molecule has 1 aromatic heterocycles. The first-order chi connectivity index (χ1) is 9.93. The zero-order valence-electron chi connectivity index (χ0n) is 12.8. The van der Waals surface area contributed by atoms with Gasteiger partial charge in [-0.05, 0) is 35.7 Å². The van der Waals surface area contributed by atoms with Crippen molar-refractivity contribution in [3.8, 4) is 0 Å². The van der Waals surface area contributed by atoms with Crippen LogP contribution in [0, 0.1) is 0 Å². The van der Waals surface area contributed by atoms with Crippen LogP contribution in [0.25, 0.3) is 5.57 Å². The average Bonchev–Trinajstić information content (AvgIpc) is 3.10. The normalized spacial score (nSPS) is 15.8. The van der Waals surface area contributed by atoms with Crippen LogP contribution in [0.5, 0.6) is 0 Å². The lowest BCUT2D eigenvalue weighted by atomic mass is 10.1. The summed E-state index contributed by atoms with van der Waals surface area (Å²) in [5.74, 6) is 0. The summed E-state index contributed by atoms with van der Waals surface area (Å²) in [7, 11) is 5.20. The van der Waals surface area contributed by atoms with Gasteiger partial charge in [-0.2, -0.15) is 0 Å². The van der Waals surface area contributed by atoms with Crippen LogP contribution in [0.4, 0.5) is 0 Å². The first-order valence-electron chi connectivity index (χ1n) is 6.56. The molecule has 2 rings (SSSR count). The number of H-pyrrole nitrogens is 1. The smallest absolute Gasteiger partial charge is 0.153 e. The second kappa shape index (κ2) is 7.56. The third-order valence-electron chi connectivity index (χ3n) is 3.56. The number of aldehydes is 2. The van der Waals surface area contributed by atoms with E-state index in [1.807, 2.05) is 11.9 Å². The number of hydrogen-bond donors (Lipinski definition) is 1. The number of nitrogens with one attached hydrogen (secondary N) is 1. The maximum atomic E-state index is 11.2. The number of allylic oxidation sites excluding steroid dienone is 1. The van der Waals surface area contributed by atoms with Gasteiger partial charge in [0.15, 0.2) is 12.6 Å². The molecule has 1 aromatic rings. The minimum Gasteiger partial charge on any atom is -0.388 e. The van der Waals surface area contributed by atoms with E-state index in [0.29, 0.717) is 21.3 Å². The van der Waals surface area contributed by atoms with Gasteiger partial charge >= 0.3 is 0 Å². The Morgan fingerprint density at radius 1 is 1.43 bits per heavy atom. The Balaban J connectivity index is 0.000000677. The highest BCUT2D eigenvalue weighted by atomic mass is 79.9. The van der Waals surface area contributed by atoms with Crippen LogP contribution in [0.15, 0.2) is 16.9 Å². The molecule has 5 nitrogen and oxygen atoms in total. The molecule has 116 valence electrons. The Morgan fingerprint density at radius 3 is 2.43 bits per heavy atom. The molecule has 0 bridgehead atoms. The number of nitrogens with zero attached hydrogens (tertiary/aromatic N) is 1. The zero-order valence-corrected chi connectivity index (χ0v) is 14.4. The first-order valence-corrected chi connectivity index (χ1v) is 7.35. The third-order valence-corrected chi connectivity index (χ3v) is 4.22. The molecule has 0 atom stereocenters. The van der Waals surface area contributed by atoms with Gasteiger partial charge in [0.1, 0.15) is 0 Å². The van der Waals surface area contributed by atoms with Gasteiger partial charge in [-0.15, -0.1) is 0 Å². The topological polar surface area (TPSA) is 62.4 Å². The van der Waals surface area contributed by atoms with Crippen LogP contribution in [0.1, 0.15) is 35.8 Å². The molecular formula is C15H21BrN2O3. The highest BCUT2D eigenvalue weighted by Gasteiger charge is 2.40. The molecule has 1 aliphatic carbocycles. The van der Waals surface area contributed by atoms with Crippen molar-refractivity contribution in [2.24, 2.45) is 0 Å². The molecule has 0 saturated heterocycles. The van der Waals surface area contributed by atoms with Crippen LogP contribution in [0.3, 0.4) is 0 Å². The number of aromatic nitrogens is 1. The Labute approximate surface area is 133 Å². The maximum Gasteiger partial charge on any atom is 0.153 e. The highest BCUT2D eigenvalue weighted by Crippen LogP contribution is 2.40. The molecule has 6 heteroatoms. The van der Waals surface area contributed by atoms with E-state index < -0.39 is 0 Å². The van der Waals surface area contributed by atoms with E-state index in [9.17, 15) is 9.59 Å². The number of hydrogen-bond acceptors (Lipinski definition) is 4. The molecule has 1 fully saturated rings. The number of methoxy groups -OCH3 is 1. The molecule has 0 amide bonds. The minimum absolute atomic E-state index is 0.152. The number of carbonyl (C=O) groups excluding carboxylic acids is 2. The fourth-order valence-corrected chi connectivity index (χ4v) is 2.22. The second-order valence-corrected chi connectivity index (χ2v) is 6.12. The minimum atomic E-state index is 0.152. The SMILES string of the molecule is CN(/C=C(/C=O)c1[nH]cc(Br)c1C=O)C1(C)CC1.COC. The molecule has 1 saturated carbocycles. The van der Waals surface area contributed by atoms with Crippen LogP contribution < -0.4 is 0 Å². The number of carbonyl (C=O) groups is 2. The van der Waals surface area contributed by atoms with E-state index in [1.54, 1.807) is 26.6 Å². The lowest BCUT2D eigenvalue weighted by Crippen LogP contribution is -2.25. The summed E-state index contributed by atoms with van der Waals surface area (Å²) in [6.45, 7) is 2.15. The second-order valence-electron chi connectivity index (χ2n) is 5.26. The van der Waals surface area contributed by atoms with Gasteiger partial charge in [0, 0.05) is 43.7 Å². The van der Waals surface area contributed by atoms with Gasteiger partial charge in [-0.1, -0.05) is 0 Å². The summed E-state index contributed by atoms with van der Waals surface area (Å²) >= 11 is 3.27. The predicted octanol–water partition coefficient (Wildman–Crippen LogP) is 2.88. The number of ether oxygens (including phenoxy) is 1. The van der Waals surface area contributed by atoms with E-state index in [0.717, 1.165) is 25.4 Å². The molecule has 0 radical (unpaired) electrons. The molecule has 1 aliphatic rings. The van der Waals surface area contributed by atoms with Crippen molar-refractivity contribution in [3.63, 3.8) is 0 Å². The fourth-order valence-electron chi connectivity index (χ4n) is 1.82. The van der Waals surface area contributed by atoms with E-state index in [1.165, 1.54) is 0 Å². The maximum absolute atomic E-state index is 11.2. The fraction of sp³-hybridized carbons (Fsp3) is 0.467. The van der Waals surface area contributed by atoms with Crippen molar-refractivity contribution in [3.05, 3.63) is 28.1 Å². The van der Waals surface area contributed by atoms with Crippen LogP contribution in [-0.4, -0.2) is 49.3 Å². The van der Waals surface area contributed by atoms with Gasteiger partial charge in [-0.25, -0.2) is 0 Å². The van der Waals surface area contributed by atoms with Crippen molar-refractivity contribution >= 4 is 34.1 Å². The van der Waals surface area contributed by atoms with E-state index in [-0.39, 0.29) is 5.54 Å². The molecule has 0 unspecified atom stereocenters. The van der Waals surface area contributed by atoms with Crippen molar-refractivity contribution in [2.45, 2.75) is 25.3 Å². The number of aromatic amines is 1. The summed E-state index contributed by atoms with van der Waals surface area (Å²) in [5, 5.41) is 0. The van der Waals surface area contributed by atoms with Crippen LogP contribution in [0.2, 0.25) is 0 Å². The Hall–Kier alpha value is -1.40. The molecule has 21 heavy (non-hydrogen) atoms. The Bertz CT molecular complexity index is 533. The van der Waals surface area contributed by atoms with Crippen molar-refractivity contribution < 1.29 is 14.3 Å². The summed E-state index contributed by atoms with van der Waals surface area (Å²) in [5.41, 5.74) is 1.67. The average molecular weight is 357 g/mol. The highest BCUT2D eigenvalue weighted by molar-refractivity contribution is 9.10. The monoisotopic (exact) mass is 356 g/mol. The lowest BCUT2D eigenvalue weighted by Gasteiger charge is -2.23. The molecule has 0 spiro atoms. The van der Waals surface area contributed by atoms with Crippen LogP contribution in [-0.2, 0) is 9.53 Å². The van der Waals surface area contributed by atoms with Gasteiger partial charge in [0.05, 0.1) is 16.8 Å². The lowest BCUT2D eigenvalue weighted by molar-refractivity contribution is -0.103. The quantitative estimate of drug-likeness (QED) is 0.650. The van der Waals surface area contributed by atoms with Gasteiger partial charge in [0.25, 0.3) is 0 Å². The van der Waals surface area contributed by atoms with Crippen molar-refractivity contribution in [1.82, 2.24) is 9.88 Å². The van der Waals surface area contributed by atoms with E-state index in [2.05, 4.69) is 32.6 Å². The van der Waals surface area contributed by atoms with E-state index >= 15 is 0 Å². The van der Waals surface area contributed by atoms with E-state index in [4.69, 9.17) is 0 Å². The van der Waals surface area contributed by atoms with Gasteiger partial charge in [-0.3, -0.25) is 9.59 Å². The third kappa shape index (κ3) is 4.28.